The number of hydrogen-bond acceptors (Lipinski definition) is 10. The van der Waals surface area contributed by atoms with Gasteiger partial charge in [0.05, 0.1) is 24.8 Å². The van der Waals surface area contributed by atoms with E-state index in [1.807, 2.05) is 18.7 Å². The van der Waals surface area contributed by atoms with Gasteiger partial charge < -0.3 is 35.8 Å². The molecule has 1 aromatic heterocycles. The number of rotatable bonds is 21. The van der Waals surface area contributed by atoms with Gasteiger partial charge in [0.25, 0.3) is 11.8 Å². The lowest BCUT2D eigenvalue weighted by atomic mass is 9.90. The summed E-state index contributed by atoms with van der Waals surface area (Å²) >= 11 is 0. The molecule has 3 amide bonds. The van der Waals surface area contributed by atoms with Crippen LogP contribution < -0.4 is 21.3 Å². The molecule has 1 aromatic rings. The smallest absolute Gasteiger partial charge is 0.289 e. The number of likely N-dealkylation sites (tertiary alicyclic amines) is 1. The summed E-state index contributed by atoms with van der Waals surface area (Å²) in [5.74, 6) is 2.07. The van der Waals surface area contributed by atoms with Crippen LogP contribution in [-0.2, 0) is 24.0 Å². The van der Waals surface area contributed by atoms with Crippen LogP contribution in [-0.4, -0.2) is 103 Å². The maximum absolute atomic E-state index is 12.0. The molecule has 2 aliphatic rings. The lowest BCUT2D eigenvalue weighted by Crippen LogP contribution is -2.44. The van der Waals surface area contributed by atoms with Gasteiger partial charge in [-0.05, 0) is 103 Å². The van der Waals surface area contributed by atoms with Crippen LogP contribution in [0.1, 0.15) is 162 Å². The standard InChI is InChI=1S/C15H23N3O2.C11H16N2O2.C11H18.C9H18N2O.C4H10.CH2O/c1-3-5-7-12(6-4-2)14(11-19)18-15(20)13-10-16-8-9-17-13;1-4-6-7-9(12-3)10(14)11(15)13-8-5-2;1-3-4-8-11-9-6-5-7-10(11)2;1-7-4-5-11(8(7)2)9(12)6-10-3;1-3-4-2;1-2/h8-12,14H,3-7H2,1-2H3,(H,18,20);1,5,9,12H,2,6-8H2,3H3,(H,13,15);4,8H,3,5-7,9H2,1-2H3;7-8,10H,4-6H2,1-3H3;3-4H2,1-2H3;1H2/b;;8-4-;;;. The molecule has 5 unspecified atom stereocenters. The molecular weight excluding hydrogens is 807 g/mol. The number of likely N-dealkylation sites (N-methyl/N-ethyl adjacent to an activating group) is 2. The van der Waals surface area contributed by atoms with Crippen molar-refractivity contribution in [1.29, 1.82) is 0 Å². The number of ketones is 1. The second kappa shape index (κ2) is 43.5. The lowest BCUT2D eigenvalue weighted by Gasteiger charge is -2.23. The van der Waals surface area contributed by atoms with Crippen molar-refractivity contribution >= 4 is 36.6 Å². The molecule has 4 N–H and O–H groups in total. The lowest BCUT2D eigenvalue weighted by molar-refractivity contribution is -0.139. The Bertz CT molecular complexity index is 1510. The zero-order valence-electron chi connectivity index (χ0n) is 41.4. The third-order valence-corrected chi connectivity index (χ3v) is 10.8. The summed E-state index contributed by atoms with van der Waals surface area (Å²) < 4.78 is 0. The molecule has 0 saturated carbocycles. The largest absolute Gasteiger partial charge is 0.346 e. The molecular formula is C51H87N7O6. The van der Waals surface area contributed by atoms with E-state index in [9.17, 15) is 24.0 Å². The highest BCUT2D eigenvalue weighted by Gasteiger charge is 2.30. The van der Waals surface area contributed by atoms with Crippen LogP contribution >= 0.6 is 0 Å². The zero-order valence-corrected chi connectivity index (χ0v) is 41.4. The fraction of sp³-hybridized carbons (Fsp3) is 0.647. The van der Waals surface area contributed by atoms with Crippen molar-refractivity contribution in [2.45, 2.75) is 170 Å². The Morgan fingerprint density at radius 3 is 2.11 bits per heavy atom. The summed E-state index contributed by atoms with van der Waals surface area (Å²) in [6.07, 6.45) is 32.7. The number of allylic oxidation sites excluding steroid dienone is 4. The average molecular weight is 894 g/mol. The third-order valence-electron chi connectivity index (χ3n) is 10.8. The summed E-state index contributed by atoms with van der Waals surface area (Å²) in [6.45, 7) is 24.5. The van der Waals surface area contributed by atoms with Crippen molar-refractivity contribution < 1.29 is 28.8 Å². The van der Waals surface area contributed by atoms with E-state index in [0.29, 0.717) is 31.3 Å². The molecule has 362 valence electrons. The number of nitrogens with zero attached hydrogens (tertiary/aromatic N) is 3. The van der Waals surface area contributed by atoms with Crippen LogP contribution in [0.25, 0.3) is 0 Å². The monoisotopic (exact) mass is 894 g/mol. The fourth-order valence-electron chi connectivity index (χ4n) is 6.55. The van der Waals surface area contributed by atoms with Crippen LogP contribution in [0.5, 0.6) is 0 Å². The van der Waals surface area contributed by atoms with Crippen LogP contribution in [0.3, 0.4) is 0 Å². The number of terminal acetylenes is 1. The average Bonchev–Trinajstić information content (AvgIpc) is 3.67. The van der Waals surface area contributed by atoms with Crippen molar-refractivity contribution in [3.8, 4) is 12.3 Å². The summed E-state index contributed by atoms with van der Waals surface area (Å²) in [7, 11) is 3.43. The quantitative estimate of drug-likeness (QED) is 0.0407. The van der Waals surface area contributed by atoms with E-state index in [4.69, 9.17) is 11.2 Å². The SMILES string of the molecule is C#CCCC(NC)C(=O)C(=O)NCC=C.C=O.CC/C=C\C1=C(C)CCCC1.CCCC.CCCCC(CCC)C(C=O)NC(=O)c1cnccn1.CNCC(=O)N1CCC(C)C1C. The van der Waals surface area contributed by atoms with Gasteiger partial charge >= 0.3 is 0 Å². The molecule has 3 rings (SSSR count). The molecule has 0 spiro atoms. The minimum atomic E-state index is -0.605. The Kier molecular flexibility index (Phi) is 43.1. The Balaban J connectivity index is -0.000000759. The highest BCUT2D eigenvalue weighted by Crippen LogP contribution is 2.25. The predicted molar refractivity (Wildman–Crippen MR) is 264 cm³/mol. The number of aldehydes is 1. The van der Waals surface area contributed by atoms with Gasteiger partial charge in [0.2, 0.25) is 11.7 Å². The highest BCUT2D eigenvalue weighted by atomic mass is 16.2. The number of unbranched alkanes of at least 4 members (excludes halogenated alkanes) is 2. The minimum Gasteiger partial charge on any atom is -0.346 e. The summed E-state index contributed by atoms with van der Waals surface area (Å²) in [5.41, 5.74) is 3.45. The number of amides is 3. The van der Waals surface area contributed by atoms with E-state index >= 15 is 0 Å². The van der Waals surface area contributed by atoms with Gasteiger partial charge in [0, 0.05) is 37.9 Å². The van der Waals surface area contributed by atoms with E-state index in [-0.39, 0.29) is 30.0 Å². The van der Waals surface area contributed by atoms with Gasteiger partial charge in [-0.25, -0.2) is 4.98 Å². The van der Waals surface area contributed by atoms with E-state index in [2.05, 4.69) is 111 Å². The molecule has 0 bridgehead atoms. The summed E-state index contributed by atoms with van der Waals surface area (Å²) in [6, 6.07) is -0.535. The van der Waals surface area contributed by atoms with Gasteiger partial charge in [0.15, 0.2) is 0 Å². The van der Waals surface area contributed by atoms with Crippen LogP contribution in [0.15, 0.2) is 54.5 Å². The number of carbonyl (C=O) groups excluding carboxylic acids is 6. The minimum absolute atomic E-state index is 0.193. The molecule has 5 atom stereocenters. The van der Waals surface area contributed by atoms with Crippen molar-refractivity contribution in [2.24, 2.45) is 11.8 Å². The number of carbonyl (C=O) groups is 6. The zero-order chi connectivity index (χ0) is 49.1. The van der Waals surface area contributed by atoms with E-state index in [1.165, 1.54) is 63.2 Å². The van der Waals surface area contributed by atoms with Crippen molar-refractivity contribution in [3.63, 3.8) is 0 Å². The second-order valence-electron chi connectivity index (χ2n) is 15.8. The van der Waals surface area contributed by atoms with E-state index in [0.717, 1.165) is 57.8 Å². The number of Topliss-reactive ketones (excluding diaryl/α,β-unsaturated/α-hetero) is 1. The fourth-order valence-corrected chi connectivity index (χ4v) is 6.55. The number of aromatic nitrogens is 2. The first-order valence-corrected chi connectivity index (χ1v) is 23.5. The number of nitrogens with one attached hydrogen (secondary N) is 4. The van der Waals surface area contributed by atoms with E-state index in [1.54, 1.807) is 18.2 Å². The van der Waals surface area contributed by atoms with Gasteiger partial charge in [0.1, 0.15) is 18.8 Å². The second-order valence-corrected chi connectivity index (χ2v) is 15.8. The first kappa shape index (κ1) is 63.5. The Hall–Kier alpha value is -4.80. The Morgan fingerprint density at radius 2 is 1.64 bits per heavy atom. The van der Waals surface area contributed by atoms with E-state index < -0.39 is 23.8 Å². The van der Waals surface area contributed by atoms with Gasteiger partial charge in [-0.3, -0.25) is 24.2 Å². The summed E-state index contributed by atoms with van der Waals surface area (Å²) in [4.78, 5) is 75.3. The highest BCUT2D eigenvalue weighted by molar-refractivity contribution is 6.38. The molecule has 13 heteroatoms. The molecule has 0 aromatic carbocycles. The van der Waals surface area contributed by atoms with Crippen LogP contribution in [0.2, 0.25) is 0 Å². The topological polar surface area (TPSA) is 180 Å². The first-order chi connectivity index (χ1) is 30.8. The molecule has 1 aliphatic heterocycles. The Morgan fingerprint density at radius 1 is 0.969 bits per heavy atom. The molecule has 0 radical (unpaired) electrons. The van der Waals surface area contributed by atoms with Gasteiger partial charge in [-0.2, -0.15) is 0 Å². The normalized spacial score (nSPS) is 16.3. The van der Waals surface area contributed by atoms with Crippen molar-refractivity contribution in [2.75, 3.05) is 33.7 Å². The molecule has 64 heavy (non-hydrogen) atoms. The maximum Gasteiger partial charge on any atom is 0.289 e. The molecule has 1 aliphatic carbocycles. The summed E-state index contributed by atoms with van der Waals surface area (Å²) in [5, 5.41) is 10.8. The van der Waals surface area contributed by atoms with Gasteiger partial charge in [-0.1, -0.05) is 97.4 Å². The van der Waals surface area contributed by atoms with Crippen LogP contribution in [0.4, 0.5) is 0 Å². The third kappa shape index (κ3) is 29.5. The predicted octanol–water partition coefficient (Wildman–Crippen LogP) is 8.17. The van der Waals surface area contributed by atoms with Crippen molar-refractivity contribution in [3.05, 3.63) is 60.2 Å². The van der Waals surface area contributed by atoms with Crippen molar-refractivity contribution in [1.82, 2.24) is 36.1 Å². The molecule has 1 saturated heterocycles. The van der Waals surface area contributed by atoms with Gasteiger partial charge in [-0.15, -0.1) is 18.9 Å². The first-order valence-electron chi connectivity index (χ1n) is 23.5. The maximum atomic E-state index is 12.0. The molecule has 1 fully saturated rings. The Labute approximate surface area is 388 Å². The molecule has 2 heterocycles. The van der Waals surface area contributed by atoms with Crippen LogP contribution in [0, 0.1) is 24.2 Å². The molecule has 13 nitrogen and oxygen atoms in total. The number of hydrogen-bond donors (Lipinski definition) is 4.